The minimum atomic E-state index is -0.952. The second-order valence-corrected chi connectivity index (χ2v) is 4.09. The maximum absolute atomic E-state index is 10.7. The van der Waals surface area contributed by atoms with Gasteiger partial charge in [0.05, 0.1) is 6.20 Å². The van der Waals surface area contributed by atoms with E-state index in [0.29, 0.717) is 5.13 Å². The van der Waals surface area contributed by atoms with E-state index in [4.69, 9.17) is 5.11 Å². The zero-order chi connectivity index (χ0) is 11.5. The van der Waals surface area contributed by atoms with Crippen LogP contribution in [-0.2, 0) is 0 Å². The summed E-state index contributed by atoms with van der Waals surface area (Å²) in [5, 5.41) is 9.43. The molecule has 2 rings (SSSR count). The highest BCUT2D eigenvalue weighted by Gasteiger charge is 2.12. The molecule has 0 aliphatic carbocycles. The summed E-state index contributed by atoms with van der Waals surface area (Å²) < 4.78 is 0. The number of aromatic nitrogens is 2. The Morgan fingerprint density at radius 2 is 2.12 bits per heavy atom. The summed E-state index contributed by atoms with van der Waals surface area (Å²) in [4.78, 5) is 20.7. The average molecular weight is 235 g/mol. The molecule has 0 spiro atoms. The van der Waals surface area contributed by atoms with Crippen molar-refractivity contribution in [3.8, 4) is 0 Å². The molecule has 0 atom stereocenters. The number of carboxylic acid groups (broad SMARTS) is 1. The molecule has 0 unspecified atom stereocenters. The van der Waals surface area contributed by atoms with Crippen LogP contribution in [0.4, 0.5) is 10.8 Å². The molecule has 0 radical (unpaired) electrons. The van der Waals surface area contributed by atoms with Gasteiger partial charge in [-0.15, -0.1) is 0 Å². The number of pyridine rings is 1. The van der Waals surface area contributed by atoms with Crippen LogP contribution in [0.25, 0.3) is 0 Å². The first-order chi connectivity index (χ1) is 7.68. The SMILES string of the molecule is CN(c1ccncc1)c1ncc(C(=O)O)s1. The quantitative estimate of drug-likeness (QED) is 0.881. The van der Waals surface area contributed by atoms with Gasteiger partial charge in [-0.1, -0.05) is 11.3 Å². The Labute approximate surface area is 96.0 Å². The van der Waals surface area contributed by atoms with Crippen LogP contribution in [0, 0.1) is 0 Å². The summed E-state index contributed by atoms with van der Waals surface area (Å²) in [6.07, 6.45) is 4.72. The number of anilines is 2. The minimum Gasteiger partial charge on any atom is -0.477 e. The molecule has 0 saturated heterocycles. The number of rotatable bonds is 3. The number of carboxylic acids is 1. The fourth-order valence-corrected chi connectivity index (χ4v) is 1.93. The Bertz CT molecular complexity index is 498. The molecule has 2 aromatic rings. The highest BCUT2D eigenvalue weighted by atomic mass is 32.1. The first-order valence-corrected chi connectivity index (χ1v) is 5.33. The molecule has 0 aliphatic rings. The van der Waals surface area contributed by atoms with Gasteiger partial charge >= 0.3 is 5.97 Å². The smallest absolute Gasteiger partial charge is 0.347 e. The Balaban J connectivity index is 2.27. The minimum absolute atomic E-state index is 0.232. The highest BCUT2D eigenvalue weighted by Crippen LogP contribution is 2.27. The number of thiazole rings is 1. The van der Waals surface area contributed by atoms with E-state index in [1.165, 1.54) is 6.20 Å². The lowest BCUT2D eigenvalue weighted by Crippen LogP contribution is -2.08. The largest absolute Gasteiger partial charge is 0.477 e. The van der Waals surface area contributed by atoms with Crippen molar-refractivity contribution in [3.63, 3.8) is 0 Å². The Morgan fingerprint density at radius 1 is 1.44 bits per heavy atom. The zero-order valence-corrected chi connectivity index (χ0v) is 9.31. The van der Waals surface area contributed by atoms with Gasteiger partial charge in [-0.25, -0.2) is 9.78 Å². The number of aromatic carboxylic acids is 1. The molecule has 0 bridgehead atoms. The van der Waals surface area contributed by atoms with Crippen molar-refractivity contribution in [2.45, 2.75) is 0 Å². The summed E-state index contributed by atoms with van der Waals surface area (Å²) in [7, 11) is 1.83. The third-order valence-corrected chi connectivity index (χ3v) is 3.10. The molecule has 0 aromatic carbocycles. The van der Waals surface area contributed by atoms with Crippen molar-refractivity contribution >= 4 is 28.1 Å². The van der Waals surface area contributed by atoms with Crippen LogP contribution in [0.5, 0.6) is 0 Å². The van der Waals surface area contributed by atoms with Gasteiger partial charge in [-0.3, -0.25) is 4.98 Å². The number of hydrogen-bond donors (Lipinski definition) is 1. The van der Waals surface area contributed by atoms with Gasteiger partial charge in [0.15, 0.2) is 5.13 Å². The summed E-state index contributed by atoms with van der Waals surface area (Å²) >= 11 is 1.14. The van der Waals surface area contributed by atoms with Crippen molar-refractivity contribution in [3.05, 3.63) is 35.6 Å². The van der Waals surface area contributed by atoms with Gasteiger partial charge in [0.25, 0.3) is 0 Å². The van der Waals surface area contributed by atoms with E-state index < -0.39 is 5.97 Å². The van der Waals surface area contributed by atoms with Crippen molar-refractivity contribution in [1.82, 2.24) is 9.97 Å². The predicted molar refractivity (Wildman–Crippen MR) is 61.4 cm³/mol. The summed E-state index contributed by atoms with van der Waals surface area (Å²) in [6.45, 7) is 0. The summed E-state index contributed by atoms with van der Waals surface area (Å²) in [6, 6.07) is 3.67. The van der Waals surface area contributed by atoms with Gasteiger partial charge in [-0.05, 0) is 12.1 Å². The van der Waals surface area contributed by atoms with Crippen LogP contribution in [-0.4, -0.2) is 28.1 Å². The third kappa shape index (κ3) is 2.01. The Morgan fingerprint density at radius 3 is 2.69 bits per heavy atom. The van der Waals surface area contributed by atoms with E-state index in [0.717, 1.165) is 17.0 Å². The molecule has 0 fully saturated rings. The molecule has 0 aliphatic heterocycles. The molecule has 0 amide bonds. The molecule has 6 heteroatoms. The monoisotopic (exact) mass is 235 g/mol. The van der Waals surface area contributed by atoms with E-state index in [2.05, 4.69) is 9.97 Å². The fourth-order valence-electron chi connectivity index (χ4n) is 1.20. The van der Waals surface area contributed by atoms with E-state index >= 15 is 0 Å². The first-order valence-electron chi connectivity index (χ1n) is 4.51. The zero-order valence-electron chi connectivity index (χ0n) is 8.49. The van der Waals surface area contributed by atoms with Crippen molar-refractivity contribution < 1.29 is 9.90 Å². The molecule has 2 aromatic heterocycles. The molecule has 5 nitrogen and oxygen atoms in total. The second-order valence-electron chi connectivity index (χ2n) is 3.08. The number of carbonyl (C=O) groups is 1. The van der Waals surface area contributed by atoms with E-state index in [1.807, 2.05) is 24.1 Å². The lowest BCUT2D eigenvalue weighted by atomic mass is 10.4. The van der Waals surface area contributed by atoms with E-state index in [9.17, 15) is 4.79 Å². The predicted octanol–water partition coefficient (Wildman–Crippen LogP) is 2.00. The average Bonchev–Trinajstić information content (AvgIpc) is 2.78. The summed E-state index contributed by atoms with van der Waals surface area (Å²) in [5.74, 6) is -0.952. The first kappa shape index (κ1) is 10.6. The molecular weight excluding hydrogens is 226 g/mol. The van der Waals surface area contributed by atoms with Gasteiger partial charge in [-0.2, -0.15) is 0 Å². The third-order valence-electron chi connectivity index (χ3n) is 2.04. The summed E-state index contributed by atoms with van der Waals surface area (Å²) in [5.41, 5.74) is 0.918. The fraction of sp³-hybridized carbons (Fsp3) is 0.100. The number of nitrogens with zero attached hydrogens (tertiary/aromatic N) is 3. The molecule has 16 heavy (non-hydrogen) atoms. The standard InChI is InChI=1S/C10H9N3O2S/c1-13(7-2-4-11-5-3-7)10-12-6-8(16-10)9(14)15/h2-6H,1H3,(H,14,15). The maximum Gasteiger partial charge on any atom is 0.347 e. The van der Waals surface area contributed by atoms with Crippen LogP contribution >= 0.6 is 11.3 Å². The van der Waals surface area contributed by atoms with Crippen LogP contribution in [0.1, 0.15) is 9.67 Å². The normalized spacial score (nSPS) is 10.1. The molecule has 0 saturated carbocycles. The van der Waals surface area contributed by atoms with Crippen LogP contribution < -0.4 is 4.90 Å². The highest BCUT2D eigenvalue weighted by molar-refractivity contribution is 7.17. The Hall–Kier alpha value is -1.95. The Kier molecular flexibility index (Phi) is 2.82. The lowest BCUT2D eigenvalue weighted by Gasteiger charge is -2.14. The van der Waals surface area contributed by atoms with Crippen LogP contribution in [0.15, 0.2) is 30.7 Å². The molecular formula is C10H9N3O2S. The van der Waals surface area contributed by atoms with Gasteiger partial charge < -0.3 is 10.0 Å². The molecule has 82 valence electrons. The lowest BCUT2D eigenvalue weighted by molar-refractivity contribution is 0.0702. The second kappa shape index (κ2) is 4.28. The van der Waals surface area contributed by atoms with Crippen LogP contribution in [0.2, 0.25) is 0 Å². The maximum atomic E-state index is 10.7. The number of hydrogen-bond acceptors (Lipinski definition) is 5. The van der Waals surface area contributed by atoms with Gasteiger partial charge in [0, 0.05) is 25.1 Å². The van der Waals surface area contributed by atoms with Crippen molar-refractivity contribution in [2.75, 3.05) is 11.9 Å². The van der Waals surface area contributed by atoms with Crippen LogP contribution in [0.3, 0.4) is 0 Å². The topological polar surface area (TPSA) is 66.3 Å². The van der Waals surface area contributed by atoms with Gasteiger partial charge in [0.2, 0.25) is 0 Å². The molecule has 1 N–H and O–H groups in total. The molecule has 2 heterocycles. The van der Waals surface area contributed by atoms with E-state index in [1.54, 1.807) is 12.4 Å². The van der Waals surface area contributed by atoms with E-state index in [-0.39, 0.29) is 4.88 Å². The van der Waals surface area contributed by atoms with Crippen molar-refractivity contribution in [1.29, 1.82) is 0 Å². The van der Waals surface area contributed by atoms with Crippen molar-refractivity contribution in [2.24, 2.45) is 0 Å². The van der Waals surface area contributed by atoms with Gasteiger partial charge in [0.1, 0.15) is 4.88 Å².